The van der Waals surface area contributed by atoms with Crippen molar-refractivity contribution in [2.24, 2.45) is 0 Å². The van der Waals surface area contributed by atoms with Crippen molar-refractivity contribution >= 4 is 28.0 Å². The molecule has 110 valence electrons. The Morgan fingerprint density at radius 3 is 2.90 bits per heavy atom. The molecule has 0 radical (unpaired) electrons. The summed E-state index contributed by atoms with van der Waals surface area (Å²) in [6.45, 7) is 4.50. The number of amides is 1. The molecule has 0 bridgehead atoms. The third-order valence-electron chi connectivity index (χ3n) is 2.48. The highest BCUT2D eigenvalue weighted by atomic mass is 32.2. The highest BCUT2D eigenvalue weighted by molar-refractivity contribution is 7.87. The molecule has 0 saturated carbocycles. The van der Waals surface area contributed by atoms with Gasteiger partial charge < -0.3 is 5.32 Å². The van der Waals surface area contributed by atoms with Crippen LogP contribution in [0.5, 0.6) is 0 Å². The van der Waals surface area contributed by atoms with Crippen LogP contribution in [0.2, 0.25) is 0 Å². The first-order valence-electron chi connectivity index (χ1n) is 6.77. The van der Waals surface area contributed by atoms with E-state index in [0.717, 1.165) is 25.7 Å². The van der Waals surface area contributed by atoms with E-state index < -0.39 is 10.8 Å². The molecule has 0 fully saturated rings. The Kier molecular flexibility index (Phi) is 8.16. The summed E-state index contributed by atoms with van der Waals surface area (Å²) < 4.78 is 12.1. The summed E-state index contributed by atoms with van der Waals surface area (Å²) in [5.74, 6) is 6.48. The van der Waals surface area contributed by atoms with Crippen LogP contribution in [0.1, 0.15) is 49.2 Å². The van der Waals surface area contributed by atoms with Gasteiger partial charge in [-0.25, -0.2) is 4.98 Å². The Bertz CT molecular complexity index is 515. The average Bonchev–Trinajstić information content (AvgIpc) is 2.95. The van der Waals surface area contributed by atoms with Crippen molar-refractivity contribution in [1.82, 2.24) is 10.3 Å². The predicted molar refractivity (Wildman–Crippen MR) is 83.3 cm³/mol. The Balaban J connectivity index is 2.29. The Hall–Kier alpha value is -1.19. The van der Waals surface area contributed by atoms with E-state index in [9.17, 15) is 9.00 Å². The zero-order valence-corrected chi connectivity index (χ0v) is 13.5. The fraction of sp³-hybridized carbons (Fsp3) is 0.571. The zero-order valence-electron chi connectivity index (χ0n) is 11.9. The molecule has 0 aromatic carbocycles. The second-order valence-corrected chi connectivity index (χ2v) is 6.99. The van der Waals surface area contributed by atoms with Crippen molar-refractivity contribution in [3.8, 4) is 11.8 Å². The van der Waals surface area contributed by atoms with Crippen LogP contribution in [0.25, 0.3) is 0 Å². The molecule has 6 heteroatoms. The fourth-order valence-corrected chi connectivity index (χ4v) is 3.41. The largest absolute Gasteiger partial charge is 0.351 e. The van der Waals surface area contributed by atoms with Gasteiger partial charge >= 0.3 is 0 Å². The van der Waals surface area contributed by atoms with Crippen molar-refractivity contribution in [2.45, 2.75) is 43.9 Å². The maximum atomic E-state index is 11.8. The molecule has 1 heterocycles. The normalized spacial score (nSPS) is 11.5. The Morgan fingerprint density at radius 1 is 1.40 bits per heavy atom. The quantitative estimate of drug-likeness (QED) is 0.622. The molecule has 1 atom stereocenters. The lowest BCUT2D eigenvalue weighted by Crippen LogP contribution is -2.23. The fourth-order valence-electron chi connectivity index (χ4n) is 1.43. The molecule has 4 nitrogen and oxygen atoms in total. The number of aromatic nitrogens is 1. The molecule has 0 spiro atoms. The molecule has 1 aromatic heterocycles. The molecule has 1 aromatic rings. The highest BCUT2D eigenvalue weighted by Crippen LogP contribution is 2.16. The van der Waals surface area contributed by atoms with E-state index >= 15 is 0 Å². The van der Waals surface area contributed by atoms with Crippen molar-refractivity contribution in [3.63, 3.8) is 0 Å². The van der Waals surface area contributed by atoms with Gasteiger partial charge in [-0.05, 0) is 12.8 Å². The molecule has 1 amide bonds. The van der Waals surface area contributed by atoms with Crippen molar-refractivity contribution in [3.05, 3.63) is 11.1 Å². The van der Waals surface area contributed by atoms with Gasteiger partial charge in [0, 0.05) is 25.1 Å². The van der Waals surface area contributed by atoms with Gasteiger partial charge in [0.15, 0.2) is 4.34 Å². The van der Waals surface area contributed by atoms with Gasteiger partial charge in [-0.15, -0.1) is 23.2 Å². The monoisotopic (exact) mass is 312 g/mol. The van der Waals surface area contributed by atoms with Crippen molar-refractivity contribution in [1.29, 1.82) is 0 Å². The van der Waals surface area contributed by atoms with E-state index in [4.69, 9.17) is 0 Å². The number of carbonyl (C=O) groups excluding carboxylic acids is 1. The van der Waals surface area contributed by atoms with Crippen LogP contribution in [-0.2, 0) is 10.8 Å². The molecule has 1 rings (SSSR count). The third-order valence-corrected chi connectivity index (χ3v) is 5.10. The minimum absolute atomic E-state index is 0.138. The van der Waals surface area contributed by atoms with Gasteiger partial charge in [-0.3, -0.25) is 9.00 Å². The van der Waals surface area contributed by atoms with Gasteiger partial charge in [0.1, 0.15) is 4.88 Å². The summed E-state index contributed by atoms with van der Waals surface area (Å²) in [5, 5.41) is 2.84. The maximum absolute atomic E-state index is 11.8. The molecule has 1 unspecified atom stereocenters. The molecule has 20 heavy (non-hydrogen) atoms. The average molecular weight is 312 g/mol. The van der Waals surface area contributed by atoms with Crippen LogP contribution in [0.4, 0.5) is 0 Å². The predicted octanol–water partition coefficient (Wildman–Crippen LogP) is 2.58. The first-order valence-corrected chi connectivity index (χ1v) is 8.90. The van der Waals surface area contributed by atoms with E-state index in [-0.39, 0.29) is 5.91 Å². The maximum Gasteiger partial charge on any atom is 0.263 e. The topological polar surface area (TPSA) is 59.1 Å². The molecule has 1 N–H and O–H groups in total. The van der Waals surface area contributed by atoms with Gasteiger partial charge in [0.05, 0.1) is 17.0 Å². The smallest absolute Gasteiger partial charge is 0.263 e. The number of rotatable bonds is 7. The molecular formula is C14H20N2O2S2. The summed E-state index contributed by atoms with van der Waals surface area (Å²) in [6.07, 6.45) is 5.17. The molecular weight excluding hydrogens is 292 g/mol. The number of nitrogens with one attached hydrogen (secondary N) is 1. The second-order valence-electron chi connectivity index (χ2n) is 4.04. The van der Waals surface area contributed by atoms with Crippen LogP contribution in [0.15, 0.2) is 10.5 Å². The molecule has 0 aliphatic heterocycles. The van der Waals surface area contributed by atoms with Gasteiger partial charge in [0.2, 0.25) is 0 Å². The summed E-state index contributed by atoms with van der Waals surface area (Å²) in [6, 6.07) is 0. The lowest BCUT2D eigenvalue weighted by atomic mass is 10.2. The SMILES string of the molecule is CCC#CCCCCNC(=O)c1cnc(S(=O)CC)s1. The minimum Gasteiger partial charge on any atom is -0.351 e. The number of thiazole rings is 1. The summed E-state index contributed by atoms with van der Waals surface area (Å²) in [4.78, 5) is 16.4. The number of unbranched alkanes of at least 4 members (excludes halogenated alkanes) is 2. The van der Waals surface area contributed by atoms with E-state index in [1.807, 2.05) is 13.8 Å². The van der Waals surface area contributed by atoms with E-state index in [1.165, 1.54) is 17.5 Å². The summed E-state index contributed by atoms with van der Waals surface area (Å²) >= 11 is 1.20. The lowest BCUT2D eigenvalue weighted by molar-refractivity contribution is 0.0957. The van der Waals surface area contributed by atoms with E-state index in [0.29, 0.717) is 21.5 Å². The minimum atomic E-state index is -1.09. The van der Waals surface area contributed by atoms with Crippen LogP contribution >= 0.6 is 11.3 Å². The zero-order chi connectivity index (χ0) is 14.8. The molecule has 0 saturated heterocycles. The van der Waals surface area contributed by atoms with Gasteiger partial charge in [-0.2, -0.15) is 0 Å². The second kappa shape index (κ2) is 9.67. The van der Waals surface area contributed by atoms with Crippen LogP contribution in [0.3, 0.4) is 0 Å². The Morgan fingerprint density at radius 2 is 2.20 bits per heavy atom. The number of hydrogen-bond acceptors (Lipinski definition) is 4. The van der Waals surface area contributed by atoms with E-state index in [2.05, 4.69) is 22.1 Å². The lowest BCUT2D eigenvalue weighted by Gasteiger charge is -2.01. The molecule has 0 aliphatic rings. The number of nitrogens with zero attached hydrogens (tertiary/aromatic N) is 1. The van der Waals surface area contributed by atoms with Crippen LogP contribution in [-0.4, -0.2) is 27.4 Å². The number of hydrogen-bond donors (Lipinski definition) is 1. The Labute approximate surface area is 126 Å². The summed E-state index contributed by atoms with van der Waals surface area (Å²) in [7, 11) is -1.09. The first-order chi connectivity index (χ1) is 9.69. The molecule has 0 aliphatic carbocycles. The number of carbonyl (C=O) groups is 1. The van der Waals surface area contributed by atoms with Crippen LogP contribution < -0.4 is 5.32 Å². The van der Waals surface area contributed by atoms with E-state index in [1.54, 1.807) is 0 Å². The van der Waals surface area contributed by atoms with Crippen LogP contribution in [0, 0.1) is 11.8 Å². The van der Waals surface area contributed by atoms with Gasteiger partial charge in [0.25, 0.3) is 5.91 Å². The van der Waals surface area contributed by atoms with Crippen molar-refractivity contribution in [2.75, 3.05) is 12.3 Å². The standard InChI is InChI=1S/C14H20N2O2S2/c1-3-5-6-7-8-9-10-15-13(17)12-11-16-14(19-12)20(18)4-2/h11H,3-4,7-10H2,1-2H3,(H,15,17). The van der Waals surface area contributed by atoms with Crippen molar-refractivity contribution < 1.29 is 9.00 Å². The first kappa shape index (κ1) is 16.9. The summed E-state index contributed by atoms with van der Waals surface area (Å²) in [5.41, 5.74) is 0. The highest BCUT2D eigenvalue weighted by Gasteiger charge is 2.12. The third kappa shape index (κ3) is 5.85. The van der Waals surface area contributed by atoms with Gasteiger partial charge in [-0.1, -0.05) is 13.8 Å².